The summed E-state index contributed by atoms with van der Waals surface area (Å²) in [5.41, 5.74) is 6.78. The summed E-state index contributed by atoms with van der Waals surface area (Å²) in [4.78, 5) is 16.1. The van der Waals surface area contributed by atoms with Crippen molar-refractivity contribution in [3.63, 3.8) is 0 Å². The third-order valence-corrected chi connectivity index (χ3v) is 4.37. The van der Waals surface area contributed by atoms with Crippen molar-refractivity contribution in [2.24, 2.45) is 12.8 Å². The number of nitrogens with zero attached hydrogens (tertiary/aromatic N) is 5. The van der Waals surface area contributed by atoms with Gasteiger partial charge in [0, 0.05) is 19.0 Å². The molecule has 2 heterocycles. The van der Waals surface area contributed by atoms with E-state index in [2.05, 4.69) is 15.2 Å². The maximum absolute atomic E-state index is 11.5. The van der Waals surface area contributed by atoms with Crippen molar-refractivity contribution in [2.45, 2.75) is 43.7 Å². The highest BCUT2D eigenvalue weighted by atomic mass is 16.5. The number of esters is 1. The van der Waals surface area contributed by atoms with Crippen molar-refractivity contribution in [1.82, 2.24) is 24.5 Å². The molecule has 0 aromatic carbocycles. The van der Waals surface area contributed by atoms with Crippen LogP contribution in [0.1, 0.15) is 36.8 Å². The lowest BCUT2D eigenvalue weighted by molar-refractivity contribution is -0.139. The number of methoxy groups -OCH3 is 1. The zero-order valence-electron chi connectivity index (χ0n) is 13.8. The first-order chi connectivity index (χ1) is 11.5. The highest BCUT2D eigenvalue weighted by Gasteiger charge is 2.31. The Morgan fingerprint density at radius 3 is 2.92 bits per heavy atom. The van der Waals surface area contributed by atoms with E-state index in [1.807, 2.05) is 13.2 Å². The van der Waals surface area contributed by atoms with Gasteiger partial charge in [-0.3, -0.25) is 9.48 Å². The number of carbonyl (C=O) groups is 1. The van der Waals surface area contributed by atoms with Crippen LogP contribution in [-0.4, -0.2) is 54.9 Å². The molecule has 0 aliphatic heterocycles. The summed E-state index contributed by atoms with van der Waals surface area (Å²) in [6, 6.07) is -0.285. The van der Waals surface area contributed by atoms with E-state index in [4.69, 9.17) is 10.5 Å². The van der Waals surface area contributed by atoms with Crippen molar-refractivity contribution in [2.75, 3.05) is 7.11 Å². The van der Waals surface area contributed by atoms with Crippen molar-refractivity contribution < 1.29 is 14.6 Å². The second-order valence-electron chi connectivity index (χ2n) is 6.16. The van der Waals surface area contributed by atoms with Gasteiger partial charge in [-0.25, -0.2) is 9.67 Å². The molecule has 2 aromatic rings. The van der Waals surface area contributed by atoms with Crippen LogP contribution in [0.25, 0.3) is 5.69 Å². The van der Waals surface area contributed by atoms with Gasteiger partial charge in [0.15, 0.2) is 5.82 Å². The molecule has 130 valence electrons. The predicted octanol–water partition coefficient (Wildman–Crippen LogP) is -0.328. The fraction of sp³-hybridized carbons (Fsp3) is 0.600. The third-order valence-electron chi connectivity index (χ3n) is 4.37. The van der Waals surface area contributed by atoms with Gasteiger partial charge in [-0.2, -0.15) is 10.2 Å². The van der Waals surface area contributed by atoms with Crippen LogP contribution in [0, 0.1) is 0 Å². The van der Waals surface area contributed by atoms with E-state index in [1.54, 1.807) is 15.6 Å². The molecule has 3 N–H and O–H groups in total. The van der Waals surface area contributed by atoms with Crippen molar-refractivity contribution in [1.29, 1.82) is 0 Å². The van der Waals surface area contributed by atoms with Crippen LogP contribution in [0.15, 0.2) is 12.4 Å². The number of ether oxygens (including phenoxy) is 1. The molecule has 0 unspecified atom stereocenters. The van der Waals surface area contributed by atoms with Crippen molar-refractivity contribution >= 4 is 5.97 Å². The Balaban J connectivity index is 1.94. The number of hydrogen-bond acceptors (Lipinski definition) is 7. The first-order valence-electron chi connectivity index (χ1n) is 7.93. The smallest absolute Gasteiger partial charge is 0.313 e. The highest BCUT2D eigenvalue weighted by Crippen LogP contribution is 2.32. The van der Waals surface area contributed by atoms with Gasteiger partial charge in [-0.1, -0.05) is 0 Å². The van der Waals surface area contributed by atoms with E-state index in [0.29, 0.717) is 18.7 Å². The van der Waals surface area contributed by atoms with E-state index in [0.717, 1.165) is 17.9 Å². The summed E-state index contributed by atoms with van der Waals surface area (Å²) < 4.78 is 8.08. The highest BCUT2D eigenvalue weighted by molar-refractivity contribution is 5.71. The van der Waals surface area contributed by atoms with Gasteiger partial charge in [0.25, 0.3) is 0 Å². The lowest BCUT2D eigenvalue weighted by Gasteiger charge is -2.30. The normalized spacial score (nSPS) is 24.1. The van der Waals surface area contributed by atoms with Crippen molar-refractivity contribution in [3.8, 4) is 5.69 Å². The van der Waals surface area contributed by atoms with E-state index in [1.165, 1.54) is 7.11 Å². The Morgan fingerprint density at radius 2 is 2.29 bits per heavy atom. The Morgan fingerprint density at radius 1 is 1.50 bits per heavy atom. The molecule has 0 radical (unpaired) electrons. The van der Waals surface area contributed by atoms with Gasteiger partial charge >= 0.3 is 5.97 Å². The maximum atomic E-state index is 11.5. The Bertz CT molecular complexity index is 725. The molecule has 9 nitrogen and oxygen atoms in total. The molecule has 1 aliphatic rings. The lowest BCUT2D eigenvalue weighted by atomic mass is 9.83. The molecular weight excluding hydrogens is 312 g/mol. The average molecular weight is 334 g/mol. The second kappa shape index (κ2) is 6.70. The largest absolute Gasteiger partial charge is 0.469 e. The van der Waals surface area contributed by atoms with Gasteiger partial charge in [-0.05, 0) is 19.3 Å². The van der Waals surface area contributed by atoms with Crippen LogP contribution in [0.3, 0.4) is 0 Å². The molecule has 1 fully saturated rings. The van der Waals surface area contributed by atoms with E-state index < -0.39 is 6.10 Å². The van der Waals surface area contributed by atoms with Gasteiger partial charge < -0.3 is 15.6 Å². The summed E-state index contributed by atoms with van der Waals surface area (Å²) >= 11 is 0. The molecule has 9 heteroatoms. The summed E-state index contributed by atoms with van der Waals surface area (Å²) in [5, 5.41) is 18.5. The predicted molar refractivity (Wildman–Crippen MR) is 84.4 cm³/mol. The molecule has 2 aromatic heterocycles. The molecule has 3 atom stereocenters. The molecule has 0 amide bonds. The standard InChI is InChI=1S/C15H22N6O3/c1-20-8-10(7-17-20)21-15(9-3-4-12(22)11(16)5-9)18-13(19-21)6-14(23)24-2/h7-9,11-12,22H,3-6,16H2,1-2H3/t9-,11+,12+/m0/s1. The summed E-state index contributed by atoms with van der Waals surface area (Å²) in [6.07, 6.45) is 5.07. The molecule has 0 bridgehead atoms. The fourth-order valence-corrected chi connectivity index (χ4v) is 3.04. The zero-order chi connectivity index (χ0) is 17.3. The molecule has 1 aliphatic carbocycles. The Hall–Kier alpha value is -2.26. The summed E-state index contributed by atoms with van der Waals surface area (Å²) in [5.74, 6) is 0.827. The topological polar surface area (TPSA) is 121 Å². The molecule has 24 heavy (non-hydrogen) atoms. The molecule has 1 saturated carbocycles. The van der Waals surface area contributed by atoms with Crippen LogP contribution in [0.2, 0.25) is 0 Å². The number of aromatic nitrogens is 5. The average Bonchev–Trinajstić information content (AvgIpc) is 3.16. The van der Waals surface area contributed by atoms with E-state index in [-0.39, 0.29) is 24.3 Å². The minimum atomic E-state index is -0.481. The molecule has 3 rings (SSSR count). The minimum absolute atomic E-state index is 0.0121. The summed E-state index contributed by atoms with van der Waals surface area (Å²) in [6.45, 7) is 0. The Kier molecular flexibility index (Phi) is 4.63. The van der Waals surface area contributed by atoms with Gasteiger partial charge in [0.1, 0.15) is 17.9 Å². The quantitative estimate of drug-likeness (QED) is 0.734. The molecule has 0 spiro atoms. The number of aryl methyl sites for hydroxylation is 1. The van der Waals surface area contributed by atoms with Gasteiger partial charge in [0.2, 0.25) is 0 Å². The van der Waals surface area contributed by atoms with Crippen LogP contribution in [-0.2, 0) is 23.0 Å². The number of nitrogens with two attached hydrogens (primary N) is 1. The lowest BCUT2D eigenvalue weighted by Crippen LogP contribution is -2.40. The number of aliphatic hydroxyl groups excluding tert-OH is 1. The molecule has 0 saturated heterocycles. The van der Waals surface area contributed by atoms with Crippen LogP contribution < -0.4 is 5.73 Å². The van der Waals surface area contributed by atoms with Crippen LogP contribution in [0.4, 0.5) is 0 Å². The monoisotopic (exact) mass is 334 g/mol. The first kappa shape index (κ1) is 16.6. The Labute approximate surface area is 139 Å². The second-order valence-corrected chi connectivity index (χ2v) is 6.16. The SMILES string of the molecule is COC(=O)Cc1nc([C@H]2CC[C@@H](O)[C@H](N)C2)n(-c2cnn(C)c2)n1. The first-order valence-corrected chi connectivity index (χ1v) is 7.93. The van der Waals surface area contributed by atoms with E-state index >= 15 is 0 Å². The fourth-order valence-electron chi connectivity index (χ4n) is 3.04. The van der Waals surface area contributed by atoms with Gasteiger partial charge in [-0.15, -0.1) is 0 Å². The number of carbonyl (C=O) groups excluding carboxylic acids is 1. The minimum Gasteiger partial charge on any atom is -0.469 e. The van der Waals surface area contributed by atoms with Crippen LogP contribution in [0.5, 0.6) is 0 Å². The van der Waals surface area contributed by atoms with Gasteiger partial charge in [0.05, 0.1) is 25.6 Å². The molecular formula is C15H22N6O3. The number of hydrogen-bond donors (Lipinski definition) is 2. The van der Waals surface area contributed by atoms with Crippen molar-refractivity contribution in [3.05, 3.63) is 24.0 Å². The summed E-state index contributed by atoms with van der Waals surface area (Å²) in [7, 11) is 3.16. The zero-order valence-corrected chi connectivity index (χ0v) is 13.8. The number of aliphatic hydroxyl groups is 1. The van der Waals surface area contributed by atoms with Crippen LogP contribution >= 0.6 is 0 Å². The maximum Gasteiger partial charge on any atom is 0.313 e. The number of rotatable bonds is 4. The third kappa shape index (κ3) is 3.31. The van der Waals surface area contributed by atoms with E-state index in [9.17, 15) is 9.90 Å².